The molecule has 2 amide bonds. The van der Waals surface area contributed by atoms with Gasteiger partial charge in [-0.15, -0.1) is 0 Å². The van der Waals surface area contributed by atoms with E-state index in [2.05, 4.69) is 10.6 Å². The number of benzene rings is 1. The van der Waals surface area contributed by atoms with Crippen LogP contribution in [-0.2, 0) is 16.0 Å². The number of aliphatic hydroxyl groups is 1. The number of hydrogen-bond acceptors (Lipinski definition) is 3. The Labute approximate surface area is 119 Å². The van der Waals surface area contributed by atoms with Crippen LogP contribution in [0.5, 0.6) is 0 Å². The average molecular weight is 278 g/mol. The fourth-order valence-corrected chi connectivity index (χ4v) is 1.57. The molecule has 1 aromatic carbocycles. The maximum absolute atomic E-state index is 11.7. The Balaban J connectivity index is 2.51. The minimum atomic E-state index is -0.744. The molecule has 0 bridgehead atoms. The zero-order valence-electron chi connectivity index (χ0n) is 12.1. The molecule has 110 valence electrons. The van der Waals surface area contributed by atoms with E-state index in [4.69, 9.17) is 0 Å². The topological polar surface area (TPSA) is 78.4 Å². The van der Waals surface area contributed by atoms with Crippen molar-refractivity contribution in [1.29, 1.82) is 0 Å². The van der Waals surface area contributed by atoms with Gasteiger partial charge in [-0.3, -0.25) is 9.59 Å². The molecular weight excluding hydrogens is 256 g/mol. The molecule has 1 unspecified atom stereocenters. The van der Waals surface area contributed by atoms with Crippen LogP contribution in [-0.4, -0.2) is 29.6 Å². The molecule has 0 aliphatic rings. The minimum Gasteiger partial charge on any atom is -0.391 e. The van der Waals surface area contributed by atoms with Crippen molar-refractivity contribution in [1.82, 2.24) is 5.32 Å². The van der Waals surface area contributed by atoms with Gasteiger partial charge in [0.05, 0.1) is 6.10 Å². The summed E-state index contributed by atoms with van der Waals surface area (Å²) in [6.45, 7) is 5.76. The Bertz CT molecular complexity index is 472. The van der Waals surface area contributed by atoms with Gasteiger partial charge < -0.3 is 15.7 Å². The smallest absolute Gasteiger partial charge is 0.313 e. The van der Waals surface area contributed by atoms with E-state index in [1.807, 2.05) is 39.0 Å². The van der Waals surface area contributed by atoms with Crippen LogP contribution in [0.2, 0.25) is 0 Å². The Morgan fingerprint density at radius 1 is 1.25 bits per heavy atom. The van der Waals surface area contributed by atoms with E-state index < -0.39 is 17.9 Å². The largest absolute Gasteiger partial charge is 0.391 e. The highest BCUT2D eigenvalue weighted by Crippen LogP contribution is 2.10. The zero-order valence-corrected chi connectivity index (χ0v) is 12.1. The number of nitrogens with one attached hydrogen (secondary N) is 2. The Kier molecular flexibility index (Phi) is 6.18. The Morgan fingerprint density at radius 2 is 1.95 bits per heavy atom. The molecule has 0 aromatic heterocycles. The number of carbonyl (C=O) groups excluding carboxylic acids is 2. The molecule has 0 spiro atoms. The molecule has 3 N–H and O–H groups in total. The molecule has 1 aromatic rings. The van der Waals surface area contributed by atoms with E-state index in [-0.39, 0.29) is 12.5 Å². The van der Waals surface area contributed by atoms with Gasteiger partial charge in [0, 0.05) is 12.2 Å². The summed E-state index contributed by atoms with van der Waals surface area (Å²) >= 11 is 0. The van der Waals surface area contributed by atoms with Crippen LogP contribution >= 0.6 is 0 Å². The first-order valence-electron chi connectivity index (χ1n) is 6.80. The van der Waals surface area contributed by atoms with Crippen LogP contribution in [0.15, 0.2) is 24.3 Å². The van der Waals surface area contributed by atoms with Crippen molar-refractivity contribution in [2.24, 2.45) is 5.92 Å². The highest BCUT2D eigenvalue weighted by Gasteiger charge is 2.16. The van der Waals surface area contributed by atoms with Gasteiger partial charge in [-0.05, 0) is 30.0 Å². The monoisotopic (exact) mass is 278 g/mol. The molecule has 0 heterocycles. The molecule has 0 aliphatic heterocycles. The third-order valence-corrected chi connectivity index (χ3v) is 3.04. The SMILES string of the molecule is CCc1cccc(NC(=O)C(=O)NCC(O)C(C)C)c1. The van der Waals surface area contributed by atoms with E-state index >= 15 is 0 Å². The van der Waals surface area contributed by atoms with Crippen molar-refractivity contribution in [2.45, 2.75) is 33.3 Å². The first-order chi connectivity index (χ1) is 9.43. The van der Waals surface area contributed by atoms with Crippen LogP contribution in [0.1, 0.15) is 26.3 Å². The lowest BCUT2D eigenvalue weighted by atomic mass is 10.1. The van der Waals surface area contributed by atoms with Gasteiger partial charge in [0.1, 0.15) is 0 Å². The first kappa shape index (κ1) is 16.2. The third kappa shape index (κ3) is 5.01. The van der Waals surface area contributed by atoms with E-state index in [0.717, 1.165) is 12.0 Å². The summed E-state index contributed by atoms with van der Waals surface area (Å²) in [5.41, 5.74) is 1.67. The van der Waals surface area contributed by atoms with Gasteiger partial charge in [-0.2, -0.15) is 0 Å². The normalized spacial score (nSPS) is 12.1. The van der Waals surface area contributed by atoms with Crippen LogP contribution in [0.25, 0.3) is 0 Å². The number of rotatable bonds is 5. The molecular formula is C15H22N2O3. The second-order valence-corrected chi connectivity index (χ2v) is 5.03. The summed E-state index contributed by atoms with van der Waals surface area (Å²) in [7, 11) is 0. The summed E-state index contributed by atoms with van der Waals surface area (Å²) in [5.74, 6) is -1.44. The third-order valence-electron chi connectivity index (χ3n) is 3.04. The molecule has 0 saturated heterocycles. The second-order valence-electron chi connectivity index (χ2n) is 5.03. The van der Waals surface area contributed by atoms with E-state index in [1.165, 1.54) is 0 Å². The van der Waals surface area contributed by atoms with Crippen molar-refractivity contribution in [3.8, 4) is 0 Å². The van der Waals surface area contributed by atoms with Crippen LogP contribution in [0.3, 0.4) is 0 Å². The lowest BCUT2D eigenvalue weighted by Crippen LogP contribution is -2.40. The highest BCUT2D eigenvalue weighted by atomic mass is 16.3. The molecule has 1 rings (SSSR count). The lowest BCUT2D eigenvalue weighted by Gasteiger charge is -2.14. The number of aliphatic hydroxyl groups excluding tert-OH is 1. The Morgan fingerprint density at radius 3 is 2.55 bits per heavy atom. The quantitative estimate of drug-likeness (QED) is 0.711. The van der Waals surface area contributed by atoms with Crippen molar-refractivity contribution in [3.63, 3.8) is 0 Å². The van der Waals surface area contributed by atoms with Gasteiger partial charge in [0.15, 0.2) is 0 Å². The van der Waals surface area contributed by atoms with Gasteiger partial charge in [-0.25, -0.2) is 0 Å². The van der Waals surface area contributed by atoms with Gasteiger partial charge in [-0.1, -0.05) is 32.9 Å². The molecule has 0 radical (unpaired) electrons. The minimum absolute atomic E-state index is 0.0274. The van der Waals surface area contributed by atoms with E-state index in [1.54, 1.807) is 6.07 Å². The molecule has 5 nitrogen and oxygen atoms in total. The first-order valence-corrected chi connectivity index (χ1v) is 6.80. The number of anilines is 1. The summed E-state index contributed by atoms with van der Waals surface area (Å²) in [6.07, 6.45) is 0.200. The summed E-state index contributed by atoms with van der Waals surface area (Å²) in [5, 5.41) is 14.5. The number of carbonyl (C=O) groups is 2. The Hall–Kier alpha value is -1.88. The number of hydrogen-bond donors (Lipinski definition) is 3. The maximum atomic E-state index is 11.7. The number of amides is 2. The van der Waals surface area contributed by atoms with Crippen molar-refractivity contribution < 1.29 is 14.7 Å². The summed E-state index contributed by atoms with van der Waals surface area (Å²) in [4.78, 5) is 23.3. The van der Waals surface area contributed by atoms with Gasteiger partial charge >= 0.3 is 11.8 Å². The molecule has 5 heteroatoms. The van der Waals surface area contributed by atoms with Crippen molar-refractivity contribution in [2.75, 3.05) is 11.9 Å². The molecule has 0 aliphatic carbocycles. The fourth-order valence-electron chi connectivity index (χ4n) is 1.57. The molecule has 1 atom stereocenters. The standard InChI is InChI=1S/C15H22N2O3/c1-4-11-6-5-7-12(8-11)17-15(20)14(19)16-9-13(18)10(2)3/h5-8,10,13,18H,4,9H2,1-3H3,(H,16,19)(H,17,20). The molecule has 20 heavy (non-hydrogen) atoms. The molecule has 0 saturated carbocycles. The van der Waals surface area contributed by atoms with Gasteiger partial charge in [0.2, 0.25) is 0 Å². The lowest BCUT2D eigenvalue weighted by molar-refractivity contribution is -0.136. The fraction of sp³-hybridized carbons (Fsp3) is 0.467. The zero-order chi connectivity index (χ0) is 15.1. The predicted octanol–water partition coefficient (Wildman–Crippen LogP) is 1.32. The van der Waals surface area contributed by atoms with Gasteiger partial charge in [0.25, 0.3) is 0 Å². The summed E-state index contributed by atoms with van der Waals surface area (Å²) < 4.78 is 0. The van der Waals surface area contributed by atoms with Crippen LogP contribution < -0.4 is 10.6 Å². The van der Waals surface area contributed by atoms with Crippen LogP contribution in [0.4, 0.5) is 5.69 Å². The summed E-state index contributed by atoms with van der Waals surface area (Å²) in [6, 6.07) is 7.34. The molecule has 0 fully saturated rings. The van der Waals surface area contributed by atoms with Crippen molar-refractivity contribution >= 4 is 17.5 Å². The number of aryl methyl sites for hydroxylation is 1. The second kappa shape index (κ2) is 7.65. The van der Waals surface area contributed by atoms with Crippen LogP contribution in [0, 0.1) is 5.92 Å². The highest BCUT2D eigenvalue weighted by molar-refractivity contribution is 6.39. The van der Waals surface area contributed by atoms with E-state index in [0.29, 0.717) is 5.69 Å². The average Bonchev–Trinajstić information content (AvgIpc) is 2.44. The van der Waals surface area contributed by atoms with E-state index in [9.17, 15) is 14.7 Å². The van der Waals surface area contributed by atoms with Crippen molar-refractivity contribution in [3.05, 3.63) is 29.8 Å². The predicted molar refractivity (Wildman–Crippen MR) is 78.3 cm³/mol. The maximum Gasteiger partial charge on any atom is 0.313 e.